The lowest BCUT2D eigenvalue weighted by Crippen LogP contribution is -2.34. The maximum atomic E-state index is 9.11. The van der Waals surface area contributed by atoms with E-state index < -0.39 is 24.4 Å². The summed E-state index contributed by atoms with van der Waals surface area (Å²) >= 11 is 0. The first-order valence-electron chi connectivity index (χ1n) is 3.44. The van der Waals surface area contributed by atoms with E-state index in [1.54, 1.807) is 0 Å². The molecule has 0 aromatic heterocycles. The van der Waals surface area contributed by atoms with Crippen molar-refractivity contribution in [2.45, 2.75) is 24.4 Å². The molecule has 1 heterocycles. The Kier molecular flexibility index (Phi) is 2.80. The summed E-state index contributed by atoms with van der Waals surface area (Å²) in [6.07, 6.45) is -3.75. The topological polar surface area (TPSA) is 90.2 Å². The molecule has 1 unspecified atom stereocenters. The van der Waals surface area contributed by atoms with Crippen molar-refractivity contribution in [3.05, 3.63) is 0 Å². The smallest absolute Gasteiger partial charge is 0.111 e. The summed E-state index contributed by atoms with van der Waals surface area (Å²) in [6, 6.07) is 0. The van der Waals surface area contributed by atoms with Gasteiger partial charge in [-0.2, -0.15) is 0 Å². The van der Waals surface area contributed by atoms with Gasteiger partial charge in [-0.25, -0.2) is 0 Å². The summed E-state index contributed by atoms with van der Waals surface area (Å²) in [4.78, 5) is 0. The number of rotatable bonds is 2. The maximum Gasteiger partial charge on any atom is 0.111 e. The van der Waals surface area contributed by atoms with Gasteiger partial charge in [0.25, 0.3) is 0 Å². The molecule has 0 amide bonds. The molecule has 66 valence electrons. The van der Waals surface area contributed by atoms with Crippen LogP contribution in [0.5, 0.6) is 0 Å². The molecule has 1 rings (SSSR count). The maximum absolute atomic E-state index is 9.11. The van der Waals surface area contributed by atoms with Gasteiger partial charge in [-0.1, -0.05) is 0 Å². The molecule has 4 N–H and O–H groups in total. The molecule has 1 saturated heterocycles. The van der Waals surface area contributed by atoms with E-state index in [0.29, 0.717) is 0 Å². The highest BCUT2D eigenvalue weighted by Gasteiger charge is 2.41. The Balaban J connectivity index is 2.53. The van der Waals surface area contributed by atoms with Gasteiger partial charge in [-0.15, -0.1) is 0 Å². The fraction of sp³-hybridized carbons (Fsp3) is 1.00. The monoisotopic (exact) mass is 164 g/mol. The normalized spacial score (nSPS) is 44.7. The van der Waals surface area contributed by atoms with Crippen LogP contribution in [0.25, 0.3) is 0 Å². The van der Waals surface area contributed by atoms with Crippen LogP contribution in [0.2, 0.25) is 0 Å². The van der Waals surface area contributed by atoms with Gasteiger partial charge in [-0.05, 0) is 0 Å². The Labute approximate surface area is 63.8 Å². The van der Waals surface area contributed by atoms with Crippen LogP contribution in [0.1, 0.15) is 0 Å². The molecule has 11 heavy (non-hydrogen) atoms. The standard InChI is InChI=1S/C6H12O5/c7-1-3-5(9)6(10)4(2-8)11-3/h3-10H,1-2H2/t3-,4?,5+,6+/m1/s1. The zero-order valence-corrected chi connectivity index (χ0v) is 5.92. The number of aliphatic hydroxyl groups is 4. The SMILES string of the molecule is OCC1O[C@H](CO)[C@H](O)[C@H]1O. The van der Waals surface area contributed by atoms with E-state index in [9.17, 15) is 0 Å². The molecular weight excluding hydrogens is 152 g/mol. The lowest BCUT2D eigenvalue weighted by Gasteiger charge is -2.10. The fourth-order valence-corrected chi connectivity index (χ4v) is 1.13. The second-order valence-corrected chi connectivity index (χ2v) is 2.56. The lowest BCUT2D eigenvalue weighted by molar-refractivity contribution is -0.0395. The molecule has 4 atom stereocenters. The van der Waals surface area contributed by atoms with E-state index in [4.69, 9.17) is 25.2 Å². The van der Waals surface area contributed by atoms with Crippen molar-refractivity contribution in [2.24, 2.45) is 0 Å². The predicted molar refractivity (Wildman–Crippen MR) is 34.8 cm³/mol. The molecule has 0 aromatic carbocycles. The van der Waals surface area contributed by atoms with Crippen molar-refractivity contribution in [1.82, 2.24) is 0 Å². The van der Waals surface area contributed by atoms with Gasteiger partial charge in [-0.3, -0.25) is 0 Å². The summed E-state index contributed by atoms with van der Waals surface area (Å²) in [6.45, 7) is -0.705. The van der Waals surface area contributed by atoms with Gasteiger partial charge in [0.05, 0.1) is 13.2 Å². The highest BCUT2D eigenvalue weighted by molar-refractivity contribution is 4.89. The van der Waals surface area contributed by atoms with Crippen molar-refractivity contribution < 1.29 is 25.2 Å². The van der Waals surface area contributed by atoms with E-state index >= 15 is 0 Å². The van der Waals surface area contributed by atoms with Gasteiger partial charge in [0.1, 0.15) is 24.4 Å². The summed E-state index contributed by atoms with van der Waals surface area (Å²) in [5.41, 5.74) is 0. The number of aliphatic hydroxyl groups excluding tert-OH is 4. The van der Waals surface area contributed by atoms with E-state index in [-0.39, 0.29) is 13.2 Å². The molecule has 0 radical (unpaired) electrons. The summed E-state index contributed by atoms with van der Waals surface area (Å²) in [7, 11) is 0. The summed E-state index contributed by atoms with van der Waals surface area (Å²) in [5, 5.41) is 35.4. The van der Waals surface area contributed by atoms with Crippen LogP contribution in [0.4, 0.5) is 0 Å². The van der Waals surface area contributed by atoms with Gasteiger partial charge >= 0.3 is 0 Å². The first kappa shape index (κ1) is 8.89. The van der Waals surface area contributed by atoms with Crippen molar-refractivity contribution in [1.29, 1.82) is 0 Å². The largest absolute Gasteiger partial charge is 0.394 e. The first-order chi connectivity index (χ1) is 5.20. The third kappa shape index (κ3) is 1.52. The minimum Gasteiger partial charge on any atom is -0.394 e. The highest BCUT2D eigenvalue weighted by Crippen LogP contribution is 2.20. The third-order valence-corrected chi connectivity index (χ3v) is 1.82. The Morgan fingerprint density at radius 1 is 0.909 bits per heavy atom. The van der Waals surface area contributed by atoms with E-state index in [1.807, 2.05) is 0 Å². The van der Waals surface area contributed by atoms with Crippen LogP contribution in [0.15, 0.2) is 0 Å². The highest BCUT2D eigenvalue weighted by atomic mass is 16.6. The lowest BCUT2D eigenvalue weighted by atomic mass is 10.1. The minimum absolute atomic E-state index is 0.352. The molecule has 0 aliphatic carbocycles. The molecule has 1 aliphatic rings. The Hall–Kier alpha value is -0.200. The Morgan fingerprint density at radius 2 is 1.27 bits per heavy atom. The van der Waals surface area contributed by atoms with Gasteiger partial charge in [0, 0.05) is 0 Å². The zero-order valence-electron chi connectivity index (χ0n) is 5.92. The molecule has 0 saturated carbocycles. The Morgan fingerprint density at radius 3 is 1.45 bits per heavy atom. The average molecular weight is 164 g/mol. The van der Waals surface area contributed by atoms with E-state index in [1.165, 1.54) is 0 Å². The molecule has 5 nitrogen and oxygen atoms in total. The van der Waals surface area contributed by atoms with Crippen LogP contribution < -0.4 is 0 Å². The van der Waals surface area contributed by atoms with Crippen LogP contribution in [0, 0.1) is 0 Å². The van der Waals surface area contributed by atoms with Gasteiger partial charge in [0.2, 0.25) is 0 Å². The van der Waals surface area contributed by atoms with Crippen LogP contribution >= 0.6 is 0 Å². The third-order valence-electron chi connectivity index (χ3n) is 1.82. The van der Waals surface area contributed by atoms with Crippen molar-refractivity contribution in [3.63, 3.8) is 0 Å². The van der Waals surface area contributed by atoms with Crippen LogP contribution in [-0.2, 0) is 4.74 Å². The zero-order chi connectivity index (χ0) is 8.43. The van der Waals surface area contributed by atoms with Crippen LogP contribution in [0.3, 0.4) is 0 Å². The number of ether oxygens (including phenoxy) is 1. The summed E-state index contributed by atoms with van der Waals surface area (Å²) < 4.78 is 4.88. The van der Waals surface area contributed by atoms with Crippen LogP contribution in [-0.4, -0.2) is 58.1 Å². The van der Waals surface area contributed by atoms with E-state index in [2.05, 4.69) is 0 Å². The molecule has 1 aliphatic heterocycles. The number of hydrogen-bond acceptors (Lipinski definition) is 5. The average Bonchev–Trinajstić information content (AvgIpc) is 2.30. The molecule has 0 bridgehead atoms. The quantitative estimate of drug-likeness (QED) is 0.361. The molecule has 0 spiro atoms. The van der Waals surface area contributed by atoms with Gasteiger partial charge in [0.15, 0.2) is 0 Å². The second kappa shape index (κ2) is 3.46. The predicted octanol–water partition coefficient (Wildman–Crippen LogP) is -2.54. The number of hydrogen-bond donors (Lipinski definition) is 4. The fourth-order valence-electron chi connectivity index (χ4n) is 1.13. The molecule has 1 fully saturated rings. The summed E-state index contributed by atoms with van der Waals surface area (Å²) in [5.74, 6) is 0. The molecule has 0 aromatic rings. The molecule has 5 heteroatoms. The van der Waals surface area contributed by atoms with E-state index in [0.717, 1.165) is 0 Å². The van der Waals surface area contributed by atoms with Crippen molar-refractivity contribution in [3.8, 4) is 0 Å². The minimum atomic E-state index is -1.10. The second-order valence-electron chi connectivity index (χ2n) is 2.56. The van der Waals surface area contributed by atoms with Crippen molar-refractivity contribution in [2.75, 3.05) is 13.2 Å². The Bertz CT molecular complexity index is 110. The van der Waals surface area contributed by atoms with Gasteiger partial charge < -0.3 is 25.2 Å². The molecular formula is C6H12O5. The first-order valence-corrected chi connectivity index (χ1v) is 3.44. The van der Waals surface area contributed by atoms with Crippen molar-refractivity contribution >= 4 is 0 Å².